The number of hydrogen-bond acceptors (Lipinski definition) is 2. The van der Waals surface area contributed by atoms with Crippen LogP contribution >= 0.6 is 28.3 Å². The Bertz CT molecular complexity index is 440. The zero-order chi connectivity index (χ0) is 14.1. The minimum absolute atomic E-state index is 0. The van der Waals surface area contributed by atoms with Gasteiger partial charge in [0.1, 0.15) is 6.61 Å². The molecule has 1 atom stereocenters. The first-order chi connectivity index (χ1) is 8.09. The molecule has 0 spiro atoms. The maximum Gasteiger partial charge on any atom is 0.416 e. The van der Waals surface area contributed by atoms with E-state index in [0.29, 0.717) is 6.07 Å². The molecule has 1 rings (SSSR count). The molecule has 0 aliphatic heterocycles. The van der Waals surface area contributed by atoms with Crippen LogP contribution in [0.3, 0.4) is 0 Å². The minimum atomic E-state index is -4.65. The predicted octanol–water partition coefficient (Wildman–Crippen LogP) is 3.52. The van der Waals surface area contributed by atoms with E-state index < -0.39 is 35.9 Å². The number of rotatable bonds is 3. The Morgan fingerprint density at radius 3 is 2.16 bits per heavy atom. The molecule has 0 aliphatic carbocycles. The minimum Gasteiger partial charge on any atom is -0.390 e. The SMILES string of the molecule is Cl.N[C@H](c1cc(C(F)(F)F)ccc1Br)C(F)(F)CO. The fourth-order valence-electron chi connectivity index (χ4n) is 1.28. The molecule has 19 heavy (non-hydrogen) atoms. The molecule has 110 valence electrons. The largest absolute Gasteiger partial charge is 0.416 e. The lowest BCUT2D eigenvalue weighted by molar-refractivity contribution is -0.137. The number of nitrogens with two attached hydrogens (primary N) is 1. The smallest absolute Gasteiger partial charge is 0.390 e. The van der Waals surface area contributed by atoms with Crippen LogP contribution in [0.5, 0.6) is 0 Å². The van der Waals surface area contributed by atoms with E-state index in [2.05, 4.69) is 15.9 Å². The van der Waals surface area contributed by atoms with Gasteiger partial charge in [0.05, 0.1) is 11.6 Å². The molecular weight excluding hydrogens is 360 g/mol. The molecule has 3 N–H and O–H groups in total. The number of hydrogen-bond donors (Lipinski definition) is 2. The van der Waals surface area contributed by atoms with E-state index in [0.717, 1.165) is 12.1 Å². The standard InChI is InChI=1S/C10H9BrF5NO.ClH/c11-7-2-1-5(10(14,15)16)3-6(7)8(17)9(12,13)4-18;/h1-3,8,18H,4,17H2;1H/t8-;/m1./s1. The molecule has 0 aliphatic rings. The average molecular weight is 371 g/mol. The maximum absolute atomic E-state index is 13.2. The third-order valence-electron chi connectivity index (χ3n) is 2.32. The summed E-state index contributed by atoms with van der Waals surface area (Å²) < 4.78 is 63.7. The van der Waals surface area contributed by atoms with E-state index in [9.17, 15) is 22.0 Å². The molecule has 0 radical (unpaired) electrons. The highest BCUT2D eigenvalue weighted by Gasteiger charge is 2.39. The van der Waals surface area contributed by atoms with Crippen LogP contribution < -0.4 is 5.73 Å². The third-order valence-corrected chi connectivity index (χ3v) is 3.05. The molecule has 1 aromatic carbocycles. The zero-order valence-electron chi connectivity index (χ0n) is 9.22. The van der Waals surface area contributed by atoms with Crippen LogP contribution in [0, 0.1) is 0 Å². The highest BCUT2D eigenvalue weighted by atomic mass is 79.9. The van der Waals surface area contributed by atoms with Crippen molar-refractivity contribution in [2.45, 2.75) is 18.1 Å². The summed E-state index contributed by atoms with van der Waals surface area (Å²) in [5.74, 6) is -3.70. The van der Waals surface area contributed by atoms with Gasteiger partial charge in [-0.2, -0.15) is 13.2 Å². The van der Waals surface area contributed by atoms with Gasteiger partial charge in [0, 0.05) is 4.47 Å². The number of aliphatic hydroxyl groups excluding tert-OH is 1. The van der Waals surface area contributed by atoms with Gasteiger partial charge in [-0.25, -0.2) is 8.78 Å². The second kappa shape index (κ2) is 6.34. The Morgan fingerprint density at radius 1 is 1.21 bits per heavy atom. The Hall–Kier alpha value is -0.440. The number of benzene rings is 1. The van der Waals surface area contributed by atoms with Crippen molar-refractivity contribution in [3.05, 3.63) is 33.8 Å². The molecule has 0 aromatic heterocycles. The van der Waals surface area contributed by atoms with Crippen LogP contribution in [0.4, 0.5) is 22.0 Å². The molecule has 0 bridgehead atoms. The highest BCUT2D eigenvalue weighted by Crippen LogP contribution is 2.37. The summed E-state index contributed by atoms with van der Waals surface area (Å²) in [6.45, 7) is -1.54. The summed E-state index contributed by atoms with van der Waals surface area (Å²) in [6, 6.07) is 0.250. The summed E-state index contributed by atoms with van der Waals surface area (Å²) >= 11 is 2.86. The number of aliphatic hydroxyl groups is 1. The van der Waals surface area contributed by atoms with Crippen molar-refractivity contribution in [1.82, 2.24) is 0 Å². The average Bonchev–Trinajstić information content (AvgIpc) is 2.27. The van der Waals surface area contributed by atoms with Crippen molar-refractivity contribution in [3.63, 3.8) is 0 Å². The normalized spacial score (nSPS) is 13.9. The summed E-state index contributed by atoms with van der Waals surface area (Å²) in [5, 5.41) is 8.48. The highest BCUT2D eigenvalue weighted by molar-refractivity contribution is 9.10. The van der Waals surface area contributed by atoms with Crippen molar-refractivity contribution >= 4 is 28.3 Å². The lowest BCUT2D eigenvalue weighted by Gasteiger charge is -2.23. The van der Waals surface area contributed by atoms with Gasteiger partial charge in [-0.3, -0.25) is 0 Å². The summed E-state index contributed by atoms with van der Waals surface area (Å²) in [5.41, 5.74) is 3.70. The van der Waals surface area contributed by atoms with Gasteiger partial charge < -0.3 is 10.8 Å². The molecule has 0 saturated carbocycles. The van der Waals surface area contributed by atoms with Crippen LogP contribution in [-0.2, 0) is 6.18 Å². The molecule has 0 saturated heterocycles. The van der Waals surface area contributed by atoms with E-state index in [4.69, 9.17) is 10.8 Å². The van der Waals surface area contributed by atoms with Gasteiger partial charge in [-0.1, -0.05) is 15.9 Å². The van der Waals surface area contributed by atoms with Gasteiger partial charge in [-0.05, 0) is 23.8 Å². The van der Waals surface area contributed by atoms with Crippen LogP contribution in [0.2, 0.25) is 0 Å². The first-order valence-electron chi connectivity index (χ1n) is 4.70. The molecule has 0 heterocycles. The van der Waals surface area contributed by atoms with E-state index in [1.54, 1.807) is 0 Å². The van der Waals surface area contributed by atoms with E-state index in [-0.39, 0.29) is 16.9 Å². The van der Waals surface area contributed by atoms with Crippen molar-refractivity contribution in [2.24, 2.45) is 5.73 Å². The Balaban J connectivity index is 0.00000324. The second-order valence-electron chi connectivity index (χ2n) is 3.63. The summed E-state index contributed by atoms with van der Waals surface area (Å²) in [6.07, 6.45) is -4.65. The fraction of sp³-hybridized carbons (Fsp3) is 0.400. The third kappa shape index (κ3) is 4.27. The molecular formula is C10H10BrClF5NO. The number of alkyl halides is 5. The van der Waals surface area contributed by atoms with Gasteiger partial charge in [-0.15, -0.1) is 12.4 Å². The molecule has 2 nitrogen and oxygen atoms in total. The molecule has 0 amide bonds. The Morgan fingerprint density at radius 2 is 1.74 bits per heavy atom. The maximum atomic E-state index is 13.2. The first-order valence-corrected chi connectivity index (χ1v) is 5.50. The zero-order valence-corrected chi connectivity index (χ0v) is 11.6. The van der Waals surface area contributed by atoms with E-state index in [1.807, 2.05) is 0 Å². The molecule has 9 heteroatoms. The first kappa shape index (κ1) is 18.6. The van der Waals surface area contributed by atoms with Gasteiger partial charge in [0.2, 0.25) is 0 Å². The predicted molar refractivity (Wildman–Crippen MR) is 65.4 cm³/mol. The monoisotopic (exact) mass is 369 g/mol. The van der Waals surface area contributed by atoms with Crippen LogP contribution in [-0.4, -0.2) is 17.6 Å². The van der Waals surface area contributed by atoms with Crippen molar-refractivity contribution in [1.29, 1.82) is 0 Å². The lowest BCUT2D eigenvalue weighted by Crippen LogP contribution is -2.36. The van der Waals surface area contributed by atoms with Gasteiger partial charge in [0.15, 0.2) is 0 Å². The molecule has 0 fully saturated rings. The quantitative estimate of drug-likeness (QED) is 0.800. The van der Waals surface area contributed by atoms with Crippen molar-refractivity contribution in [3.8, 4) is 0 Å². The van der Waals surface area contributed by atoms with E-state index in [1.165, 1.54) is 0 Å². The van der Waals surface area contributed by atoms with Crippen LogP contribution in [0.1, 0.15) is 17.2 Å². The molecule has 1 aromatic rings. The summed E-state index contributed by atoms with van der Waals surface area (Å²) in [7, 11) is 0. The van der Waals surface area contributed by atoms with Crippen LogP contribution in [0.15, 0.2) is 22.7 Å². The Labute approximate surface area is 120 Å². The van der Waals surface area contributed by atoms with Gasteiger partial charge >= 0.3 is 6.18 Å². The van der Waals surface area contributed by atoms with Crippen molar-refractivity contribution in [2.75, 3.05) is 6.61 Å². The van der Waals surface area contributed by atoms with E-state index >= 15 is 0 Å². The summed E-state index contributed by atoms with van der Waals surface area (Å²) in [4.78, 5) is 0. The van der Waals surface area contributed by atoms with Crippen LogP contribution in [0.25, 0.3) is 0 Å². The molecule has 0 unspecified atom stereocenters. The Kier molecular flexibility index (Phi) is 6.19. The topological polar surface area (TPSA) is 46.2 Å². The second-order valence-corrected chi connectivity index (χ2v) is 4.49. The number of halogens is 7. The lowest BCUT2D eigenvalue weighted by atomic mass is 9.99. The van der Waals surface area contributed by atoms with Crippen molar-refractivity contribution < 1.29 is 27.1 Å². The van der Waals surface area contributed by atoms with Gasteiger partial charge in [0.25, 0.3) is 5.92 Å². The fourth-order valence-corrected chi connectivity index (χ4v) is 1.78.